The Balaban J connectivity index is 1.63. The van der Waals surface area contributed by atoms with Gasteiger partial charge in [-0.2, -0.15) is 4.31 Å². The summed E-state index contributed by atoms with van der Waals surface area (Å²) in [5, 5.41) is 1.68. The highest BCUT2D eigenvalue weighted by molar-refractivity contribution is 7.91. The molecule has 2 aromatic carbocycles. The number of carbonyl (C=O) groups excluding carboxylic acids is 2. The normalized spacial score (nSPS) is 16.4. The minimum absolute atomic E-state index is 0.0808. The van der Waals surface area contributed by atoms with Gasteiger partial charge in [-0.1, -0.05) is 30.3 Å². The molecule has 0 spiro atoms. The van der Waals surface area contributed by atoms with Gasteiger partial charge in [0.2, 0.25) is 0 Å². The maximum absolute atomic E-state index is 13.3. The van der Waals surface area contributed by atoms with Crippen molar-refractivity contribution in [1.82, 2.24) is 4.31 Å². The van der Waals surface area contributed by atoms with Crippen LogP contribution in [0, 0.1) is 0 Å². The number of hydrogen-bond donors (Lipinski definition) is 0. The van der Waals surface area contributed by atoms with Crippen LogP contribution in [0.5, 0.6) is 5.75 Å². The van der Waals surface area contributed by atoms with Crippen molar-refractivity contribution >= 4 is 33.3 Å². The van der Waals surface area contributed by atoms with Crippen molar-refractivity contribution in [2.45, 2.75) is 23.2 Å². The first kappa shape index (κ1) is 21.2. The Morgan fingerprint density at radius 2 is 1.71 bits per heavy atom. The largest absolute Gasteiger partial charge is 0.465 e. The zero-order valence-corrected chi connectivity index (χ0v) is 18.2. The van der Waals surface area contributed by atoms with E-state index in [9.17, 15) is 18.0 Å². The molecule has 0 saturated carbocycles. The summed E-state index contributed by atoms with van der Waals surface area (Å²) in [6, 6.07) is 15.5. The zero-order valence-electron chi connectivity index (χ0n) is 16.6. The van der Waals surface area contributed by atoms with Gasteiger partial charge in [0.1, 0.15) is 16.0 Å². The first-order chi connectivity index (χ1) is 14.9. The van der Waals surface area contributed by atoms with Crippen LogP contribution in [-0.2, 0) is 32.5 Å². The fourth-order valence-corrected chi connectivity index (χ4v) is 6.11. The lowest BCUT2D eigenvalue weighted by Crippen LogP contribution is -2.49. The van der Waals surface area contributed by atoms with Crippen LogP contribution in [0.1, 0.15) is 21.5 Å². The number of benzene rings is 2. The monoisotopic (exact) mass is 457 g/mol. The lowest BCUT2D eigenvalue weighted by molar-refractivity contribution is -0.139. The molecule has 0 fully saturated rings. The minimum atomic E-state index is -3.88. The second-order valence-corrected chi connectivity index (χ2v) is 9.97. The van der Waals surface area contributed by atoms with Gasteiger partial charge in [-0.05, 0) is 46.8 Å². The van der Waals surface area contributed by atoms with E-state index in [1.165, 1.54) is 41.7 Å². The van der Waals surface area contributed by atoms with Crippen LogP contribution >= 0.6 is 11.3 Å². The highest BCUT2D eigenvalue weighted by Gasteiger charge is 2.41. The molecule has 3 aromatic rings. The molecule has 4 rings (SSSR count). The van der Waals surface area contributed by atoms with Crippen LogP contribution in [-0.4, -0.2) is 37.8 Å². The molecule has 0 saturated heterocycles. The summed E-state index contributed by atoms with van der Waals surface area (Å²) < 4.78 is 38.0. The number of thiophene rings is 1. The third-order valence-corrected chi connectivity index (χ3v) is 8.26. The van der Waals surface area contributed by atoms with E-state index in [1.54, 1.807) is 11.4 Å². The maximum atomic E-state index is 13.3. The van der Waals surface area contributed by atoms with Crippen molar-refractivity contribution in [3.8, 4) is 5.75 Å². The van der Waals surface area contributed by atoms with Gasteiger partial charge in [0.25, 0.3) is 10.0 Å². The van der Waals surface area contributed by atoms with Gasteiger partial charge < -0.3 is 9.47 Å². The van der Waals surface area contributed by atoms with Gasteiger partial charge in [-0.3, -0.25) is 0 Å². The number of carbonyl (C=O) groups is 2. The molecule has 7 nitrogen and oxygen atoms in total. The van der Waals surface area contributed by atoms with E-state index in [1.807, 2.05) is 24.3 Å². The number of ether oxygens (including phenoxy) is 2. The second-order valence-electron chi connectivity index (χ2n) is 6.91. The van der Waals surface area contributed by atoms with Crippen LogP contribution in [0.25, 0.3) is 0 Å². The molecule has 2 heterocycles. The van der Waals surface area contributed by atoms with Crippen molar-refractivity contribution in [2.24, 2.45) is 0 Å². The first-order valence-electron chi connectivity index (χ1n) is 9.42. The van der Waals surface area contributed by atoms with Gasteiger partial charge in [0.05, 0.1) is 12.7 Å². The maximum Gasteiger partial charge on any atom is 0.337 e. The molecule has 160 valence electrons. The number of nitrogens with zero attached hydrogens (tertiary/aromatic N) is 1. The molecule has 1 aliphatic heterocycles. The number of rotatable bonds is 5. The third kappa shape index (κ3) is 4.25. The molecular weight excluding hydrogens is 438 g/mol. The first-order valence-corrected chi connectivity index (χ1v) is 11.7. The molecule has 0 bridgehead atoms. The lowest BCUT2D eigenvalue weighted by Gasteiger charge is -2.34. The third-order valence-electron chi connectivity index (χ3n) is 5.03. The van der Waals surface area contributed by atoms with E-state index in [4.69, 9.17) is 4.74 Å². The highest BCUT2D eigenvalue weighted by Crippen LogP contribution is 2.31. The average Bonchev–Trinajstić information content (AvgIpc) is 3.34. The SMILES string of the molecule is COC(=O)c1ccc(OC(=O)[C@H]2Cc3ccccc3CN2S(=O)(=O)c2cccs2)cc1. The smallest absolute Gasteiger partial charge is 0.337 e. The second kappa shape index (κ2) is 8.62. The summed E-state index contributed by atoms with van der Waals surface area (Å²) in [5.74, 6) is -0.972. The summed E-state index contributed by atoms with van der Waals surface area (Å²) in [6.45, 7) is 0.0808. The van der Waals surface area contributed by atoms with E-state index in [0.29, 0.717) is 5.56 Å². The Bertz CT molecular complexity index is 1200. The van der Waals surface area contributed by atoms with Crippen LogP contribution < -0.4 is 4.74 Å². The number of hydrogen-bond acceptors (Lipinski definition) is 7. The molecule has 9 heteroatoms. The number of fused-ring (bicyclic) bond motifs is 1. The lowest BCUT2D eigenvalue weighted by atomic mass is 9.96. The predicted octanol–water partition coefficient (Wildman–Crippen LogP) is 3.26. The number of methoxy groups -OCH3 is 1. The van der Waals surface area contributed by atoms with Crippen LogP contribution in [0.3, 0.4) is 0 Å². The Hall–Kier alpha value is -3.01. The molecule has 1 aromatic heterocycles. The summed E-state index contributed by atoms with van der Waals surface area (Å²) in [7, 11) is -2.60. The van der Waals surface area contributed by atoms with Crippen LogP contribution in [0.4, 0.5) is 0 Å². The fourth-order valence-electron chi connectivity index (χ4n) is 3.44. The molecule has 0 unspecified atom stereocenters. The summed E-state index contributed by atoms with van der Waals surface area (Å²) in [6.07, 6.45) is 0.208. The summed E-state index contributed by atoms with van der Waals surface area (Å²) >= 11 is 1.10. The van der Waals surface area contributed by atoms with Crippen LogP contribution in [0.15, 0.2) is 70.3 Å². The van der Waals surface area contributed by atoms with Gasteiger partial charge in [-0.15, -0.1) is 11.3 Å². The molecule has 1 atom stereocenters. The average molecular weight is 458 g/mol. The molecule has 1 aliphatic rings. The van der Waals surface area contributed by atoms with Crippen molar-refractivity contribution in [3.05, 3.63) is 82.7 Å². The van der Waals surface area contributed by atoms with Gasteiger partial charge in [0.15, 0.2) is 0 Å². The standard InChI is InChI=1S/C22H19NO6S2/c1-28-21(24)15-8-10-18(11-9-15)29-22(25)19-13-16-5-2-3-6-17(16)14-23(19)31(26,27)20-7-4-12-30-20/h2-12,19H,13-14H2,1H3/t19-/m1/s1. The fraction of sp³-hybridized carbons (Fsp3) is 0.182. The van der Waals surface area contributed by atoms with Gasteiger partial charge in [0, 0.05) is 13.0 Å². The van der Waals surface area contributed by atoms with Crippen LogP contribution in [0.2, 0.25) is 0 Å². The van der Waals surface area contributed by atoms with Crippen molar-refractivity contribution < 1.29 is 27.5 Å². The summed E-state index contributed by atoms with van der Waals surface area (Å²) in [5.41, 5.74) is 2.08. The number of esters is 2. The molecule has 0 aliphatic carbocycles. The Morgan fingerprint density at radius 1 is 1.00 bits per heavy atom. The van der Waals surface area contributed by atoms with Crippen molar-refractivity contribution in [1.29, 1.82) is 0 Å². The van der Waals surface area contributed by atoms with E-state index in [-0.39, 0.29) is 22.9 Å². The molecule has 0 amide bonds. The molecule has 0 N–H and O–H groups in total. The zero-order chi connectivity index (χ0) is 22.0. The number of sulfonamides is 1. The van der Waals surface area contributed by atoms with Crippen molar-refractivity contribution in [2.75, 3.05) is 7.11 Å². The Morgan fingerprint density at radius 3 is 2.35 bits per heavy atom. The van der Waals surface area contributed by atoms with E-state index < -0.39 is 28.0 Å². The topological polar surface area (TPSA) is 90.0 Å². The van der Waals surface area contributed by atoms with E-state index in [2.05, 4.69) is 4.74 Å². The van der Waals surface area contributed by atoms with Gasteiger partial charge >= 0.3 is 11.9 Å². The Kier molecular flexibility index (Phi) is 5.90. The van der Waals surface area contributed by atoms with Gasteiger partial charge in [-0.25, -0.2) is 18.0 Å². The van der Waals surface area contributed by atoms with Crippen molar-refractivity contribution in [3.63, 3.8) is 0 Å². The molecule has 0 radical (unpaired) electrons. The highest BCUT2D eigenvalue weighted by atomic mass is 32.2. The Labute approximate surface area is 183 Å². The predicted molar refractivity (Wildman–Crippen MR) is 114 cm³/mol. The van der Waals surface area contributed by atoms with E-state index >= 15 is 0 Å². The molecule has 31 heavy (non-hydrogen) atoms. The minimum Gasteiger partial charge on any atom is -0.465 e. The quantitative estimate of drug-likeness (QED) is 0.432. The van der Waals surface area contributed by atoms with E-state index in [0.717, 1.165) is 22.5 Å². The molecular formula is C22H19NO6S2. The summed E-state index contributed by atoms with van der Waals surface area (Å²) in [4.78, 5) is 24.6.